The highest BCUT2D eigenvalue weighted by atomic mass is 32.1. The highest BCUT2D eigenvalue weighted by Crippen LogP contribution is 2.27. The van der Waals surface area contributed by atoms with Gasteiger partial charge in [-0.1, -0.05) is 36.4 Å². The first kappa shape index (κ1) is 19.4. The lowest BCUT2D eigenvalue weighted by molar-refractivity contribution is -0.612. The molecule has 1 heterocycles. The molecule has 2 aromatic carbocycles. The maximum Gasteiger partial charge on any atom is 0.573 e. The van der Waals surface area contributed by atoms with Crippen molar-refractivity contribution in [1.29, 1.82) is 0 Å². The van der Waals surface area contributed by atoms with Crippen LogP contribution in [0.15, 0.2) is 59.8 Å². The first-order chi connectivity index (χ1) is 13.9. The lowest BCUT2D eigenvalue weighted by Crippen LogP contribution is -2.30. The molecular formula is C21H17F3N2O2S. The van der Waals surface area contributed by atoms with Crippen LogP contribution in [0.3, 0.4) is 0 Å². The highest BCUT2D eigenvalue weighted by Gasteiger charge is 2.31. The second kappa shape index (κ2) is 7.87. The Morgan fingerprint density at radius 1 is 0.966 bits per heavy atom. The summed E-state index contributed by atoms with van der Waals surface area (Å²) in [6.45, 7) is 0. The van der Waals surface area contributed by atoms with Crippen LogP contribution in [-0.4, -0.2) is 12.3 Å². The fourth-order valence-corrected chi connectivity index (χ4v) is 4.29. The van der Waals surface area contributed by atoms with E-state index in [4.69, 9.17) is 0 Å². The summed E-state index contributed by atoms with van der Waals surface area (Å²) in [5, 5.41) is 16.6. The van der Waals surface area contributed by atoms with Crippen molar-refractivity contribution in [1.82, 2.24) is 0 Å². The summed E-state index contributed by atoms with van der Waals surface area (Å²) in [7, 11) is 0. The van der Waals surface area contributed by atoms with E-state index in [1.54, 1.807) is 28.3 Å². The van der Waals surface area contributed by atoms with Gasteiger partial charge in [0, 0.05) is 14.7 Å². The number of rotatable bonds is 4. The van der Waals surface area contributed by atoms with Crippen molar-refractivity contribution in [3.05, 3.63) is 70.7 Å². The van der Waals surface area contributed by atoms with Gasteiger partial charge < -0.3 is 9.84 Å². The van der Waals surface area contributed by atoms with Gasteiger partial charge in [-0.15, -0.1) is 13.2 Å². The highest BCUT2D eigenvalue weighted by molar-refractivity contribution is 7.01. The van der Waals surface area contributed by atoms with Crippen LogP contribution in [0.25, 0.3) is 11.1 Å². The minimum Gasteiger partial charge on any atom is -0.854 e. The zero-order valence-electron chi connectivity index (χ0n) is 15.3. The molecule has 0 fully saturated rings. The van der Waals surface area contributed by atoms with E-state index in [2.05, 4.69) is 9.84 Å². The van der Waals surface area contributed by atoms with Crippen LogP contribution in [0.1, 0.15) is 28.8 Å². The molecule has 3 aromatic rings. The van der Waals surface area contributed by atoms with Crippen LogP contribution in [0.2, 0.25) is 0 Å². The average Bonchev–Trinajstić information content (AvgIpc) is 3.10. The summed E-state index contributed by atoms with van der Waals surface area (Å²) >= 11 is 1.50. The molecule has 4 nitrogen and oxygen atoms in total. The molecule has 1 aliphatic rings. The van der Waals surface area contributed by atoms with Gasteiger partial charge in [0.25, 0.3) is 0 Å². The summed E-state index contributed by atoms with van der Waals surface area (Å²) in [4.78, 5) is 1.29. The van der Waals surface area contributed by atoms with Crippen LogP contribution in [0.4, 0.5) is 13.2 Å². The Morgan fingerprint density at radius 2 is 1.59 bits per heavy atom. The smallest absolute Gasteiger partial charge is 0.573 e. The maximum atomic E-state index is 12.4. The lowest BCUT2D eigenvalue weighted by Gasteiger charge is -2.10. The van der Waals surface area contributed by atoms with E-state index in [1.165, 1.54) is 59.1 Å². The molecule has 0 bridgehead atoms. The molecule has 0 radical (unpaired) electrons. The van der Waals surface area contributed by atoms with Crippen molar-refractivity contribution >= 4 is 17.4 Å². The Balaban J connectivity index is 1.49. The SMILES string of the molecule is [O-]C(=N[n+]1cc2c(s1)CCCC2)c1ccc(-c2ccc(OC(F)(F)F)cc2)cc1. The van der Waals surface area contributed by atoms with Crippen LogP contribution < -0.4 is 13.9 Å². The van der Waals surface area contributed by atoms with Gasteiger partial charge in [0.1, 0.15) is 5.75 Å². The van der Waals surface area contributed by atoms with Crippen molar-refractivity contribution in [2.24, 2.45) is 5.10 Å². The molecule has 0 unspecified atom stereocenters. The third-order valence-electron chi connectivity index (χ3n) is 4.67. The summed E-state index contributed by atoms with van der Waals surface area (Å²) in [6.07, 6.45) is 1.62. The van der Waals surface area contributed by atoms with E-state index in [-0.39, 0.29) is 11.6 Å². The molecule has 0 saturated heterocycles. The number of ether oxygens (including phenoxy) is 1. The normalized spacial score (nSPS) is 14.5. The van der Waals surface area contributed by atoms with E-state index in [1.807, 2.05) is 6.20 Å². The number of benzene rings is 2. The fraction of sp³-hybridized carbons (Fsp3) is 0.238. The molecule has 0 aliphatic heterocycles. The Labute approximate surface area is 169 Å². The third-order valence-corrected chi connectivity index (χ3v) is 5.73. The minimum absolute atomic E-state index is 0.275. The summed E-state index contributed by atoms with van der Waals surface area (Å²) in [5.41, 5.74) is 3.21. The lowest BCUT2D eigenvalue weighted by atomic mass is 10.0. The first-order valence-corrected chi connectivity index (χ1v) is 9.91. The van der Waals surface area contributed by atoms with Gasteiger partial charge in [0.2, 0.25) is 6.20 Å². The quantitative estimate of drug-likeness (QED) is 0.365. The maximum absolute atomic E-state index is 12.4. The largest absolute Gasteiger partial charge is 0.854 e. The molecule has 150 valence electrons. The van der Waals surface area contributed by atoms with Gasteiger partial charge in [0.05, 0.1) is 10.8 Å². The number of alkyl halides is 3. The third kappa shape index (κ3) is 4.76. The van der Waals surface area contributed by atoms with E-state index in [0.29, 0.717) is 5.56 Å². The van der Waals surface area contributed by atoms with Crippen molar-refractivity contribution in [2.45, 2.75) is 32.0 Å². The minimum atomic E-state index is -4.72. The Morgan fingerprint density at radius 3 is 2.21 bits per heavy atom. The Bertz CT molecular complexity index is 1000. The molecule has 4 rings (SSSR count). The van der Waals surface area contributed by atoms with Crippen LogP contribution in [0, 0.1) is 0 Å². The molecule has 0 spiro atoms. The standard InChI is InChI=1S/C21H17F3N2O2S/c22-21(23,24)28-18-11-9-15(10-12-18)14-5-7-16(8-6-14)20(27)25-26-13-17-3-1-2-4-19(17)29-26/h5-13H,1-4H2. The average molecular weight is 418 g/mol. The van der Waals surface area contributed by atoms with Gasteiger partial charge >= 0.3 is 6.36 Å². The van der Waals surface area contributed by atoms with Gasteiger partial charge in [-0.05, 0) is 54.5 Å². The van der Waals surface area contributed by atoms with Crippen LogP contribution in [0.5, 0.6) is 5.75 Å². The van der Waals surface area contributed by atoms with Crippen molar-refractivity contribution in [3.8, 4) is 16.9 Å². The van der Waals surface area contributed by atoms with Crippen molar-refractivity contribution < 1.29 is 27.1 Å². The van der Waals surface area contributed by atoms with Crippen LogP contribution in [-0.2, 0) is 12.8 Å². The molecule has 0 amide bonds. The van der Waals surface area contributed by atoms with Gasteiger partial charge in [-0.2, -0.15) is 0 Å². The van der Waals surface area contributed by atoms with Crippen molar-refractivity contribution in [3.63, 3.8) is 0 Å². The topological polar surface area (TPSA) is 48.5 Å². The van der Waals surface area contributed by atoms with E-state index < -0.39 is 6.36 Å². The predicted octanol–water partition coefficient (Wildman–Crippen LogP) is 4.05. The van der Waals surface area contributed by atoms with Crippen molar-refractivity contribution in [2.75, 3.05) is 0 Å². The summed E-state index contributed by atoms with van der Waals surface area (Å²) < 4.78 is 42.2. The van der Waals surface area contributed by atoms with Crippen LogP contribution >= 0.6 is 11.5 Å². The van der Waals surface area contributed by atoms with E-state index in [9.17, 15) is 18.3 Å². The Hall–Kier alpha value is -2.87. The number of fused-ring (bicyclic) bond motifs is 1. The number of hydrogen-bond donors (Lipinski definition) is 0. The monoisotopic (exact) mass is 418 g/mol. The first-order valence-electron chi connectivity index (χ1n) is 9.14. The fourth-order valence-electron chi connectivity index (χ4n) is 3.27. The molecule has 0 saturated carbocycles. The number of hydrogen-bond acceptors (Lipinski definition) is 4. The zero-order chi connectivity index (χ0) is 20.4. The van der Waals surface area contributed by atoms with E-state index in [0.717, 1.165) is 24.0 Å². The molecular weight excluding hydrogens is 401 g/mol. The second-order valence-corrected chi connectivity index (χ2v) is 7.78. The molecule has 8 heteroatoms. The zero-order valence-corrected chi connectivity index (χ0v) is 16.1. The molecule has 1 aliphatic carbocycles. The second-order valence-electron chi connectivity index (χ2n) is 6.73. The van der Waals surface area contributed by atoms with Gasteiger partial charge in [0.15, 0.2) is 11.5 Å². The molecule has 0 atom stereocenters. The van der Waals surface area contributed by atoms with Gasteiger partial charge in [-0.3, -0.25) is 0 Å². The number of aromatic nitrogens is 1. The Kier molecular flexibility index (Phi) is 5.27. The number of halogens is 3. The predicted molar refractivity (Wildman–Crippen MR) is 102 cm³/mol. The van der Waals surface area contributed by atoms with E-state index >= 15 is 0 Å². The summed E-state index contributed by atoms with van der Waals surface area (Å²) in [6, 6.07) is 12.4. The number of nitrogens with zero attached hydrogens (tertiary/aromatic N) is 2. The number of aryl methyl sites for hydroxylation is 2. The molecule has 1 aromatic heterocycles. The molecule has 0 N–H and O–H groups in total. The van der Waals surface area contributed by atoms with Gasteiger partial charge in [-0.25, -0.2) is 0 Å². The summed E-state index contributed by atoms with van der Waals surface area (Å²) in [5.74, 6) is -0.614. The molecule has 29 heavy (non-hydrogen) atoms.